The van der Waals surface area contributed by atoms with Crippen molar-refractivity contribution in [3.8, 4) is 11.3 Å². The van der Waals surface area contributed by atoms with Gasteiger partial charge in [-0.2, -0.15) is 5.10 Å². The third kappa shape index (κ3) is 1.34. The summed E-state index contributed by atoms with van der Waals surface area (Å²) in [5.41, 5.74) is 2.56. The van der Waals surface area contributed by atoms with Crippen molar-refractivity contribution < 1.29 is 0 Å². The molecule has 0 fully saturated rings. The Morgan fingerprint density at radius 3 is 2.80 bits per heavy atom. The minimum absolute atomic E-state index is 0.829. The van der Waals surface area contributed by atoms with Gasteiger partial charge in [-0.3, -0.25) is 0 Å². The van der Waals surface area contributed by atoms with E-state index >= 15 is 0 Å². The Morgan fingerprint density at radius 2 is 1.93 bits per heavy atom. The molecular weight excluding hydrogens is 190 g/mol. The van der Waals surface area contributed by atoms with Crippen molar-refractivity contribution in [1.29, 1.82) is 0 Å². The Bertz CT molecular complexity index is 587. The molecule has 0 aliphatic heterocycles. The number of hydrogen-bond donors (Lipinski definition) is 0. The molecule has 72 valence electrons. The van der Waals surface area contributed by atoms with E-state index in [2.05, 4.69) is 20.1 Å². The highest BCUT2D eigenvalue weighted by molar-refractivity contribution is 5.57. The molecule has 5 heteroatoms. The van der Waals surface area contributed by atoms with Crippen molar-refractivity contribution in [3.63, 3.8) is 0 Å². The Hall–Kier alpha value is -2.30. The first-order valence-corrected chi connectivity index (χ1v) is 4.49. The molecule has 0 atom stereocenters. The fourth-order valence-corrected chi connectivity index (χ4v) is 1.40. The van der Waals surface area contributed by atoms with Gasteiger partial charge in [0.25, 0.3) is 0 Å². The van der Waals surface area contributed by atoms with Crippen molar-refractivity contribution in [2.75, 3.05) is 0 Å². The summed E-state index contributed by atoms with van der Waals surface area (Å²) in [4.78, 5) is 12.0. The molecule has 0 aliphatic rings. The number of hydrogen-bond acceptors (Lipinski definition) is 4. The van der Waals surface area contributed by atoms with Crippen LogP contribution in [0.5, 0.6) is 0 Å². The van der Waals surface area contributed by atoms with Gasteiger partial charge in [0.2, 0.25) is 0 Å². The van der Waals surface area contributed by atoms with Crippen LogP contribution in [-0.4, -0.2) is 24.6 Å². The molecule has 3 heterocycles. The summed E-state index contributed by atoms with van der Waals surface area (Å²) in [6.07, 6.45) is 8.49. The second-order valence-corrected chi connectivity index (χ2v) is 3.08. The molecule has 3 rings (SSSR count). The van der Waals surface area contributed by atoms with E-state index in [-0.39, 0.29) is 0 Å². The van der Waals surface area contributed by atoms with Gasteiger partial charge in [0.05, 0.1) is 5.69 Å². The average Bonchev–Trinajstić information content (AvgIpc) is 2.77. The van der Waals surface area contributed by atoms with Crippen LogP contribution in [0, 0.1) is 0 Å². The third-order valence-corrected chi connectivity index (χ3v) is 2.11. The maximum Gasteiger partial charge on any atom is 0.153 e. The van der Waals surface area contributed by atoms with Crippen molar-refractivity contribution in [2.24, 2.45) is 0 Å². The summed E-state index contributed by atoms with van der Waals surface area (Å²) < 4.78 is 1.72. The van der Waals surface area contributed by atoms with E-state index in [1.165, 1.54) is 6.33 Å². The van der Waals surface area contributed by atoms with Gasteiger partial charge in [-0.25, -0.2) is 19.5 Å². The maximum absolute atomic E-state index is 4.38. The van der Waals surface area contributed by atoms with E-state index in [1.807, 2.05) is 18.3 Å². The van der Waals surface area contributed by atoms with Gasteiger partial charge < -0.3 is 0 Å². The van der Waals surface area contributed by atoms with Gasteiger partial charge in [-0.15, -0.1) is 0 Å². The van der Waals surface area contributed by atoms with Crippen LogP contribution < -0.4 is 0 Å². The molecular formula is C10H7N5. The van der Waals surface area contributed by atoms with E-state index in [9.17, 15) is 0 Å². The van der Waals surface area contributed by atoms with E-state index in [4.69, 9.17) is 0 Å². The van der Waals surface area contributed by atoms with E-state index in [0.717, 1.165) is 16.9 Å². The van der Waals surface area contributed by atoms with Crippen LogP contribution in [0.2, 0.25) is 0 Å². The van der Waals surface area contributed by atoms with Crippen molar-refractivity contribution >= 4 is 5.65 Å². The molecule has 0 saturated carbocycles. The second kappa shape index (κ2) is 3.13. The number of rotatable bonds is 1. The van der Waals surface area contributed by atoms with Crippen LogP contribution in [-0.2, 0) is 0 Å². The first-order valence-electron chi connectivity index (χ1n) is 4.49. The normalized spacial score (nSPS) is 10.7. The largest absolute Gasteiger partial charge is 0.244 e. The molecule has 0 unspecified atom stereocenters. The Balaban J connectivity index is 2.19. The average molecular weight is 197 g/mol. The summed E-state index contributed by atoms with van der Waals surface area (Å²) >= 11 is 0. The van der Waals surface area contributed by atoms with Crippen LogP contribution in [0.1, 0.15) is 0 Å². The minimum atomic E-state index is 0.829. The van der Waals surface area contributed by atoms with Crippen LogP contribution >= 0.6 is 0 Å². The fraction of sp³-hybridized carbons (Fsp3) is 0. The predicted octanol–water partition coefficient (Wildman–Crippen LogP) is 1.19. The van der Waals surface area contributed by atoms with Gasteiger partial charge in [-0.1, -0.05) is 0 Å². The lowest BCUT2D eigenvalue weighted by Gasteiger charge is -1.99. The molecule has 3 aromatic heterocycles. The number of fused-ring (bicyclic) bond motifs is 1. The predicted molar refractivity (Wildman–Crippen MR) is 54.0 cm³/mol. The molecule has 5 nitrogen and oxygen atoms in total. The van der Waals surface area contributed by atoms with Gasteiger partial charge >= 0.3 is 0 Å². The van der Waals surface area contributed by atoms with Crippen molar-refractivity contribution in [2.45, 2.75) is 0 Å². The first kappa shape index (κ1) is 8.05. The van der Waals surface area contributed by atoms with Gasteiger partial charge in [-0.05, 0) is 12.1 Å². The summed E-state index contributed by atoms with van der Waals surface area (Å²) in [5.74, 6) is 0. The first-order chi connectivity index (χ1) is 7.43. The lowest BCUT2D eigenvalue weighted by atomic mass is 10.2. The van der Waals surface area contributed by atoms with E-state index in [1.54, 1.807) is 23.1 Å². The molecule has 0 saturated heterocycles. The summed E-state index contributed by atoms with van der Waals surface area (Å²) in [6, 6.07) is 3.82. The summed E-state index contributed by atoms with van der Waals surface area (Å²) in [5, 5.41) is 4.38. The monoisotopic (exact) mass is 197 g/mol. The van der Waals surface area contributed by atoms with Crippen molar-refractivity contribution in [3.05, 3.63) is 43.2 Å². The molecule has 15 heavy (non-hydrogen) atoms. The zero-order valence-corrected chi connectivity index (χ0v) is 7.78. The molecule has 0 N–H and O–H groups in total. The second-order valence-electron chi connectivity index (χ2n) is 3.08. The van der Waals surface area contributed by atoms with Gasteiger partial charge in [0.1, 0.15) is 6.33 Å². The minimum Gasteiger partial charge on any atom is -0.244 e. The van der Waals surface area contributed by atoms with Crippen LogP contribution in [0.15, 0.2) is 43.2 Å². The lowest BCUT2D eigenvalue weighted by molar-refractivity contribution is 0.940. The van der Waals surface area contributed by atoms with Gasteiger partial charge in [0.15, 0.2) is 5.65 Å². The highest BCUT2D eigenvalue weighted by Crippen LogP contribution is 2.13. The Labute approximate surface area is 85.5 Å². The third-order valence-electron chi connectivity index (χ3n) is 2.11. The highest BCUT2D eigenvalue weighted by atomic mass is 15.2. The van der Waals surface area contributed by atoms with Gasteiger partial charge in [0, 0.05) is 30.4 Å². The molecule has 0 aliphatic carbocycles. The van der Waals surface area contributed by atoms with Crippen LogP contribution in [0.4, 0.5) is 0 Å². The zero-order chi connectivity index (χ0) is 10.1. The molecule has 3 aromatic rings. The van der Waals surface area contributed by atoms with E-state index < -0.39 is 0 Å². The molecule has 0 spiro atoms. The Morgan fingerprint density at radius 1 is 1.07 bits per heavy atom. The van der Waals surface area contributed by atoms with E-state index in [0.29, 0.717) is 0 Å². The standard InChI is InChI=1S/C10H7N5/c1-2-10-13-3-4-15(10)14-9(1)8-5-11-7-12-6-8/h1-7H. The summed E-state index contributed by atoms with van der Waals surface area (Å²) in [6.45, 7) is 0. The highest BCUT2D eigenvalue weighted by Gasteiger charge is 2.01. The zero-order valence-electron chi connectivity index (χ0n) is 7.78. The summed E-state index contributed by atoms with van der Waals surface area (Å²) in [7, 11) is 0. The van der Waals surface area contributed by atoms with Crippen LogP contribution in [0.3, 0.4) is 0 Å². The van der Waals surface area contributed by atoms with Crippen molar-refractivity contribution in [1.82, 2.24) is 24.6 Å². The Kier molecular flexibility index (Phi) is 1.68. The maximum atomic E-state index is 4.38. The number of nitrogens with zero attached hydrogens (tertiary/aromatic N) is 5. The number of imidazole rings is 1. The molecule has 0 aromatic carbocycles. The fourth-order valence-electron chi connectivity index (χ4n) is 1.40. The van der Waals surface area contributed by atoms with Crippen LogP contribution in [0.25, 0.3) is 16.9 Å². The SMILES string of the molecule is c1ncc(-c2ccc3nccn3n2)cn1. The quantitative estimate of drug-likeness (QED) is 0.588. The number of aromatic nitrogens is 5. The molecule has 0 amide bonds. The molecule has 0 bridgehead atoms. The molecule has 0 radical (unpaired) electrons. The smallest absolute Gasteiger partial charge is 0.153 e. The topological polar surface area (TPSA) is 56.0 Å². The lowest BCUT2D eigenvalue weighted by Crippen LogP contribution is -1.93.